The number of aromatic nitrogens is 1. The van der Waals surface area contributed by atoms with Gasteiger partial charge in [-0.05, 0) is 42.9 Å². The first-order valence-corrected chi connectivity index (χ1v) is 13.3. The third-order valence-electron chi connectivity index (χ3n) is 5.67. The van der Waals surface area contributed by atoms with E-state index in [1.807, 2.05) is 17.0 Å². The molecule has 2 aromatic rings. The summed E-state index contributed by atoms with van der Waals surface area (Å²) in [5.74, 6) is 0.443. The van der Waals surface area contributed by atoms with Gasteiger partial charge in [0.05, 0.1) is 22.8 Å². The number of benzene rings is 1. The van der Waals surface area contributed by atoms with Crippen molar-refractivity contribution in [2.24, 2.45) is 0 Å². The minimum atomic E-state index is -0.874. The number of thioether (sulfide) groups is 1. The van der Waals surface area contributed by atoms with E-state index in [0.717, 1.165) is 42.1 Å². The molecule has 1 fully saturated rings. The minimum absolute atomic E-state index is 0.0238. The van der Waals surface area contributed by atoms with Gasteiger partial charge in [-0.15, -0.1) is 11.8 Å². The van der Waals surface area contributed by atoms with Crippen LogP contribution in [0.2, 0.25) is 0 Å². The van der Waals surface area contributed by atoms with Crippen LogP contribution in [0, 0.1) is 0 Å². The number of rotatable bonds is 11. The Morgan fingerprint density at radius 1 is 1.24 bits per heavy atom. The van der Waals surface area contributed by atoms with Crippen molar-refractivity contribution in [1.82, 2.24) is 9.88 Å². The first kappa shape index (κ1) is 25.4. The fourth-order valence-electron chi connectivity index (χ4n) is 3.90. The maximum atomic E-state index is 13.1. The normalized spacial score (nSPS) is 14.3. The Bertz CT molecular complexity index is 895. The molecule has 33 heavy (non-hydrogen) atoms. The van der Waals surface area contributed by atoms with Crippen LogP contribution in [0.1, 0.15) is 63.9 Å². The molecule has 180 valence electrons. The van der Waals surface area contributed by atoms with Gasteiger partial charge in [-0.2, -0.15) is 0 Å². The van der Waals surface area contributed by atoms with Crippen LogP contribution < -0.4 is 10.1 Å². The average molecular weight is 492 g/mol. The second-order valence-corrected chi connectivity index (χ2v) is 10.8. The fraction of sp³-hybridized carbons (Fsp3) is 0.542. The van der Waals surface area contributed by atoms with Crippen molar-refractivity contribution in [2.75, 3.05) is 24.2 Å². The van der Waals surface area contributed by atoms with Crippen LogP contribution >= 0.6 is 23.1 Å². The summed E-state index contributed by atoms with van der Waals surface area (Å²) in [5.41, 5.74) is 1.29. The van der Waals surface area contributed by atoms with Crippen molar-refractivity contribution in [3.63, 3.8) is 0 Å². The number of carbonyl (C=O) groups is 2. The summed E-state index contributed by atoms with van der Waals surface area (Å²) in [6.07, 6.45) is 7.88. The zero-order valence-electron chi connectivity index (χ0n) is 19.3. The van der Waals surface area contributed by atoms with Crippen molar-refractivity contribution < 1.29 is 19.4 Å². The third kappa shape index (κ3) is 8.23. The van der Waals surface area contributed by atoms with E-state index in [0.29, 0.717) is 24.2 Å². The Hall–Kier alpha value is -2.26. The Kier molecular flexibility index (Phi) is 9.87. The monoisotopic (exact) mass is 491 g/mol. The van der Waals surface area contributed by atoms with Crippen LogP contribution in [-0.2, 0) is 4.79 Å². The molecule has 1 heterocycles. The smallest absolute Gasteiger partial charge is 0.323 e. The lowest BCUT2D eigenvalue weighted by Gasteiger charge is -2.34. The molecule has 1 aromatic carbocycles. The van der Waals surface area contributed by atoms with E-state index in [2.05, 4.69) is 36.3 Å². The summed E-state index contributed by atoms with van der Waals surface area (Å²) < 4.78 is 6.68. The van der Waals surface area contributed by atoms with E-state index < -0.39 is 5.97 Å². The molecule has 0 spiro atoms. The molecule has 2 N–H and O–H groups in total. The highest BCUT2D eigenvalue weighted by Gasteiger charge is 2.26. The molecule has 7 nitrogen and oxygen atoms in total. The molecule has 0 unspecified atom stereocenters. The molecule has 1 aliphatic rings. The van der Waals surface area contributed by atoms with Gasteiger partial charge in [-0.1, -0.05) is 56.6 Å². The number of nitrogens with one attached hydrogen (secondary N) is 1. The topological polar surface area (TPSA) is 91.8 Å². The van der Waals surface area contributed by atoms with Crippen molar-refractivity contribution >= 4 is 40.2 Å². The highest BCUT2D eigenvalue weighted by Crippen LogP contribution is 2.29. The number of hydrogen-bond donors (Lipinski definition) is 2. The summed E-state index contributed by atoms with van der Waals surface area (Å²) in [6, 6.07) is 8.28. The molecule has 0 saturated heterocycles. The number of nitrogens with zero attached hydrogens (tertiary/aromatic N) is 2. The second kappa shape index (κ2) is 12.8. The van der Waals surface area contributed by atoms with Gasteiger partial charge in [0.25, 0.3) is 0 Å². The van der Waals surface area contributed by atoms with Gasteiger partial charge in [-0.3, -0.25) is 10.1 Å². The van der Waals surface area contributed by atoms with E-state index in [-0.39, 0.29) is 17.8 Å². The number of hydrogen-bond acceptors (Lipinski definition) is 6. The van der Waals surface area contributed by atoms with E-state index in [4.69, 9.17) is 9.84 Å². The maximum absolute atomic E-state index is 13.1. The number of carbonyl (C=O) groups excluding carboxylic acids is 1. The van der Waals surface area contributed by atoms with Crippen LogP contribution in [0.4, 0.5) is 9.93 Å². The Morgan fingerprint density at radius 3 is 2.64 bits per heavy atom. The number of carboxylic acids is 1. The number of ether oxygens (including phenoxy) is 1. The van der Waals surface area contributed by atoms with E-state index in [1.165, 1.54) is 35.1 Å². The Morgan fingerprint density at radius 2 is 1.97 bits per heavy atom. The van der Waals surface area contributed by atoms with Crippen molar-refractivity contribution in [3.05, 3.63) is 36.0 Å². The standard InChI is InChI=1S/C24H33N3O4S2/c1-17(2)18-9-11-20(12-10-18)31-14-6-13-27(19-7-4-3-5-8-19)24(30)26-23-25-15-22(33-23)32-16-21(28)29/h9-12,15,17,19H,3-8,13-14,16H2,1-2H3,(H,28,29)(H,25,26,30). The summed E-state index contributed by atoms with van der Waals surface area (Å²) >= 11 is 2.51. The number of carboxylic acid groups (broad SMARTS) is 1. The molecule has 0 aliphatic heterocycles. The molecular weight excluding hydrogens is 458 g/mol. The molecule has 1 aliphatic carbocycles. The van der Waals surface area contributed by atoms with Crippen LogP contribution in [0.3, 0.4) is 0 Å². The van der Waals surface area contributed by atoms with Gasteiger partial charge in [-0.25, -0.2) is 9.78 Å². The summed E-state index contributed by atoms with van der Waals surface area (Å²) in [4.78, 5) is 30.0. The zero-order valence-corrected chi connectivity index (χ0v) is 20.9. The molecule has 0 bridgehead atoms. The summed E-state index contributed by atoms with van der Waals surface area (Å²) in [7, 11) is 0. The van der Waals surface area contributed by atoms with E-state index >= 15 is 0 Å². The van der Waals surface area contributed by atoms with Crippen LogP contribution in [-0.4, -0.2) is 51.9 Å². The number of urea groups is 1. The molecule has 0 radical (unpaired) electrons. The molecule has 9 heteroatoms. The molecule has 1 aromatic heterocycles. The number of anilines is 1. The SMILES string of the molecule is CC(C)c1ccc(OCCCN(C(=O)Nc2ncc(SCC(=O)O)s2)C2CCCCC2)cc1. The largest absolute Gasteiger partial charge is 0.494 e. The Labute approximate surface area is 203 Å². The van der Waals surface area contributed by atoms with Gasteiger partial charge in [0.1, 0.15) is 5.75 Å². The number of thiazole rings is 1. The van der Waals surface area contributed by atoms with Crippen LogP contribution in [0.5, 0.6) is 5.75 Å². The summed E-state index contributed by atoms with van der Waals surface area (Å²) in [6.45, 7) is 5.50. The predicted molar refractivity (Wildman–Crippen MR) is 134 cm³/mol. The average Bonchev–Trinajstić information content (AvgIpc) is 3.25. The number of amides is 2. The Balaban J connectivity index is 1.53. The van der Waals surface area contributed by atoms with Crippen LogP contribution in [0.25, 0.3) is 0 Å². The van der Waals surface area contributed by atoms with Gasteiger partial charge in [0.2, 0.25) is 0 Å². The predicted octanol–water partition coefficient (Wildman–Crippen LogP) is 6.08. The first-order chi connectivity index (χ1) is 15.9. The molecule has 0 atom stereocenters. The second-order valence-electron chi connectivity index (χ2n) is 8.51. The lowest BCUT2D eigenvalue weighted by Crippen LogP contribution is -2.44. The van der Waals surface area contributed by atoms with Crippen molar-refractivity contribution in [1.29, 1.82) is 0 Å². The van der Waals surface area contributed by atoms with E-state index in [1.54, 1.807) is 6.20 Å². The molecular formula is C24H33N3O4S2. The maximum Gasteiger partial charge on any atom is 0.323 e. The van der Waals surface area contributed by atoms with Crippen molar-refractivity contribution in [3.8, 4) is 5.75 Å². The van der Waals surface area contributed by atoms with E-state index in [9.17, 15) is 9.59 Å². The van der Waals surface area contributed by atoms with Gasteiger partial charge in [0.15, 0.2) is 5.13 Å². The fourth-order valence-corrected chi connectivity index (χ4v) is 5.48. The van der Waals surface area contributed by atoms with Gasteiger partial charge in [0, 0.05) is 12.6 Å². The third-order valence-corrected chi connectivity index (χ3v) is 7.76. The lowest BCUT2D eigenvalue weighted by atomic mass is 9.94. The highest BCUT2D eigenvalue weighted by atomic mass is 32.2. The number of aliphatic carboxylic acids is 1. The summed E-state index contributed by atoms with van der Waals surface area (Å²) in [5, 5.41) is 12.2. The highest BCUT2D eigenvalue weighted by molar-refractivity contribution is 8.01. The first-order valence-electron chi connectivity index (χ1n) is 11.5. The lowest BCUT2D eigenvalue weighted by molar-refractivity contribution is -0.133. The molecule has 1 saturated carbocycles. The quantitative estimate of drug-likeness (QED) is 0.292. The van der Waals surface area contributed by atoms with Crippen LogP contribution in [0.15, 0.2) is 34.7 Å². The van der Waals surface area contributed by atoms with Crippen molar-refractivity contribution in [2.45, 2.75) is 68.5 Å². The minimum Gasteiger partial charge on any atom is -0.494 e. The zero-order chi connectivity index (χ0) is 23.6. The molecule has 2 amide bonds. The van der Waals surface area contributed by atoms with Gasteiger partial charge < -0.3 is 14.7 Å². The van der Waals surface area contributed by atoms with Gasteiger partial charge >= 0.3 is 12.0 Å². The molecule has 3 rings (SSSR count).